The molecule has 1 aliphatic rings. The molecule has 1 fully saturated rings. The zero-order valence-electron chi connectivity index (χ0n) is 13.4. The van der Waals surface area contributed by atoms with Gasteiger partial charge in [0.1, 0.15) is 5.75 Å². The molecule has 2 aromatic carbocycles. The number of nitrogens with zero attached hydrogens (tertiary/aromatic N) is 1. The smallest absolute Gasteiger partial charge is 0.208 e. The summed E-state index contributed by atoms with van der Waals surface area (Å²) >= 11 is 0. The normalized spacial score (nSPS) is 16.5. The monoisotopic (exact) mass is 348 g/mol. The Hall–Kier alpha value is -2.12. The van der Waals surface area contributed by atoms with E-state index in [2.05, 4.69) is 9.62 Å². The molecule has 7 heteroatoms. The zero-order chi connectivity index (χ0) is 17.3. The van der Waals surface area contributed by atoms with Gasteiger partial charge in [0, 0.05) is 24.8 Å². The van der Waals surface area contributed by atoms with E-state index in [-0.39, 0.29) is 11.8 Å². The first kappa shape index (κ1) is 16.7. The van der Waals surface area contributed by atoms with Crippen LogP contribution in [0.25, 0.3) is 10.8 Å². The fourth-order valence-corrected chi connectivity index (χ4v) is 4.05. The summed E-state index contributed by atoms with van der Waals surface area (Å²) in [5.74, 6) is -0.0158. The van der Waals surface area contributed by atoms with Crippen LogP contribution in [0.1, 0.15) is 23.2 Å². The van der Waals surface area contributed by atoms with Gasteiger partial charge in [-0.3, -0.25) is 4.79 Å². The Morgan fingerprint density at radius 3 is 2.54 bits per heavy atom. The molecule has 0 aromatic heterocycles. The maximum atomic E-state index is 11.3. The minimum Gasteiger partial charge on any atom is -0.507 e. The Balaban J connectivity index is 1.79. The number of anilines is 1. The van der Waals surface area contributed by atoms with Crippen molar-refractivity contribution >= 4 is 32.8 Å². The largest absolute Gasteiger partial charge is 0.507 e. The van der Waals surface area contributed by atoms with E-state index in [4.69, 9.17) is 0 Å². The summed E-state index contributed by atoms with van der Waals surface area (Å²) in [6.45, 7) is 1.52. The van der Waals surface area contributed by atoms with Crippen LogP contribution in [0.3, 0.4) is 0 Å². The van der Waals surface area contributed by atoms with Crippen LogP contribution in [0.5, 0.6) is 5.75 Å². The third-order valence-corrected chi connectivity index (χ3v) is 5.14. The van der Waals surface area contributed by atoms with Crippen molar-refractivity contribution in [3.63, 3.8) is 0 Å². The summed E-state index contributed by atoms with van der Waals surface area (Å²) in [4.78, 5) is 13.4. The van der Waals surface area contributed by atoms with Crippen molar-refractivity contribution in [3.8, 4) is 5.75 Å². The lowest BCUT2D eigenvalue weighted by molar-refractivity contribution is 0.112. The third kappa shape index (κ3) is 3.52. The van der Waals surface area contributed by atoms with Gasteiger partial charge >= 0.3 is 0 Å². The summed E-state index contributed by atoms with van der Waals surface area (Å²) in [7, 11) is -3.17. The quantitative estimate of drug-likeness (QED) is 0.824. The van der Waals surface area contributed by atoms with Crippen molar-refractivity contribution in [2.24, 2.45) is 0 Å². The summed E-state index contributed by atoms with van der Waals surface area (Å²) in [6.07, 6.45) is 3.35. The number of benzene rings is 2. The molecule has 0 saturated carbocycles. The number of hydrogen-bond donors (Lipinski definition) is 2. The number of sulfonamides is 1. The van der Waals surface area contributed by atoms with Gasteiger partial charge in [-0.1, -0.05) is 12.1 Å². The van der Waals surface area contributed by atoms with Gasteiger partial charge in [-0.2, -0.15) is 0 Å². The highest BCUT2D eigenvalue weighted by Crippen LogP contribution is 2.30. The molecule has 0 amide bonds. The van der Waals surface area contributed by atoms with Crippen molar-refractivity contribution in [3.05, 3.63) is 35.9 Å². The predicted molar refractivity (Wildman–Crippen MR) is 94.2 cm³/mol. The summed E-state index contributed by atoms with van der Waals surface area (Å²) < 4.78 is 25.3. The van der Waals surface area contributed by atoms with Crippen molar-refractivity contribution in [1.29, 1.82) is 0 Å². The van der Waals surface area contributed by atoms with Crippen LogP contribution in [0.2, 0.25) is 0 Å². The molecule has 24 heavy (non-hydrogen) atoms. The highest BCUT2D eigenvalue weighted by molar-refractivity contribution is 7.88. The minimum absolute atomic E-state index is 0.0158. The predicted octanol–water partition coefficient (Wildman–Crippen LogP) is 1.88. The van der Waals surface area contributed by atoms with Crippen LogP contribution in [-0.4, -0.2) is 45.2 Å². The molecule has 0 bridgehead atoms. The molecule has 0 radical (unpaired) electrons. The maximum Gasteiger partial charge on any atom is 0.208 e. The van der Waals surface area contributed by atoms with Gasteiger partial charge in [0.2, 0.25) is 10.0 Å². The topological polar surface area (TPSA) is 86.7 Å². The van der Waals surface area contributed by atoms with Crippen LogP contribution in [0, 0.1) is 0 Å². The minimum atomic E-state index is -3.17. The Kier molecular flexibility index (Phi) is 4.47. The van der Waals surface area contributed by atoms with Crippen LogP contribution >= 0.6 is 0 Å². The van der Waals surface area contributed by atoms with Gasteiger partial charge in [-0.25, -0.2) is 13.1 Å². The van der Waals surface area contributed by atoms with E-state index in [1.807, 2.05) is 18.2 Å². The summed E-state index contributed by atoms with van der Waals surface area (Å²) in [5.41, 5.74) is 1.33. The van der Waals surface area contributed by atoms with Crippen molar-refractivity contribution < 1.29 is 18.3 Å². The number of nitrogens with one attached hydrogen (secondary N) is 1. The van der Waals surface area contributed by atoms with Gasteiger partial charge in [0.25, 0.3) is 0 Å². The number of fused-ring (bicyclic) bond motifs is 1. The van der Waals surface area contributed by atoms with Gasteiger partial charge in [0.05, 0.1) is 11.8 Å². The first-order valence-corrected chi connectivity index (χ1v) is 9.70. The molecule has 0 atom stereocenters. The van der Waals surface area contributed by atoms with E-state index in [9.17, 15) is 18.3 Å². The standard InChI is InChI=1S/C17H20N2O4S/c1-24(22,23)18-13-6-8-19(9-7-13)14-3-4-15-12(10-14)2-5-17(21)16(15)11-20/h2-5,10-11,13,18,21H,6-9H2,1H3. The number of aldehydes is 1. The molecule has 1 heterocycles. The highest BCUT2D eigenvalue weighted by atomic mass is 32.2. The Morgan fingerprint density at radius 1 is 1.21 bits per heavy atom. The molecule has 0 aliphatic carbocycles. The molecular formula is C17H20N2O4S. The summed E-state index contributed by atoms with van der Waals surface area (Å²) in [6, 6.07) is 9.06. The molecule has 128 valence electrons. The van der Waals surface area contributed by atoms with Crippen LogP contribution in [0.15, 0.2) is 30.3 Å². The van der Waals surface area contributed by atoms with E-state index >= 15 is 0 Å². The Bertz CT molecular complexity index is 872. The van der Waals surface area contributed by atoms with E-state index in [0.717, 1.165) is 42.4 Å². The number of hydrogen-bond acceptors (Lipinski definition) is 5. The lowest BCUT2D eigenvalue weighted by Crippen LogP contribution is -2.44. The molecule has 2 aromatic rings. The van der Waals surface area contributed by atoms with Gasteiger partial charge in [-0.15, -0.1) is 0 Å². The van der Waals surface area contributed by atoms with E-state index in [1.54, 1.807) is 6.07 Å². The number of phenols is 1. The molecule has 2 N–H and O–H groups in total. The first-order valence-electron chi connectivity index (χ1n) is 7.80. The average molecular weight is 348 g/mol. The molecule has 1 aliphatic heterocycles. The van der Waals surface area contributed by atoms with Gasteiger partial charge < -0.3 is 10.0 Å². The van der Waals surface area contributed by atoms with Crippen molar-refractivity contribution in [2.75, 3.05) is 24.2 Å². The first-order chi connectivity index (χ1) is 11.4. The number of carbonyl (C=O) groups excluding carboxylic acids is 1. The number of phenolic OH excluding ortho intramolecular Hbond substituents is 1. The number of aromatic hydroxyl groups is 1. The SMILES string of the molecule is CS(=O)(=O)NC1CCN(c2ccc3c(C=O)c(O)ccc3c2)CC1. The lowest BCUT2D eigenvalue weighted by atomic mass is 10.0. The van der Waals surface area contributed by atoms with Crippen LogP contribution in [0.4, 0.5) is 5.69 Å². The highest BCUT2D eigenvalue weighted by Gasteiger charge is 2.22. The molecule has 3 rings (SSSR count). The maximum absolute atomic E-state index is 11.3. The second-order valence-electron chi connectivity index (χ2n) is 6.17. The average Bonchev–Trinajstić information content (AvgIpc) is 2.53. The number of rotatable bonds is 4. The van der Waals surface area contributed by atoms with Crippen molar-refractivity contribution in [2.45, 2.75) is 18.9 Å². The zero-order valence-corrected chi connectivity index (χ0v) is 14.2. The molecule has 0 unspecified atom stereocenters. The van der Waals surface area contributed by atoms with Crippen LogP contribution < -0.4 is 9.62 Å². The van der Waals surface area contributed by atoms with Gasteiger partial charge in [-0.05, 0) is 41.8 Å². The molecule has 1 saturated heterocycles. The molecule has 6 nitrogen and oxygen atoms in total. The van der Waals surface area contributed by atoms with Gasteiger partial charge in [0.15, 0.2) is 6.29 Å². The van der Waals surface area contributed by atoms with E-state index in [1.165, 1.54) is 12.3 Å². The second kappa shape index (κ2) is 6.41. The Labute approximate surface area is 141 Å². The van der Waals surface area contributed by atoms with Crippen molar-refractivity contribution in [1.82, 2.24) is 4.72 Å². The third-order valence-electron chi connectivity index (χ3n) is 4.38. The fraction of sp³-hybridized carbons (Fsp3) is 0.353. The lowest BCUT2D eigenvalue weighted by Gasteiger charge is -2.33. The Morgan fingerprint density at radius 2 is 1.92 bits per heavy atom. The molecule has 0 spiro atoms. The second-order valence-corrected chi connectivity index (χ2v) is 7.95. The number of carbonyl (C=O) groups is 1. The van der Waals surface area contributed by atoms with Crippen LogP contribution in [-0.2, 0) is 10.0 Å². The number of piperidine rings is 1. The summed E-state index contributed by atoms with van der Waals surface area (Å²) in [5, 5.41) is 11.4. The van der Waals surface area contributed by atoms with E-state index in [0.29, 0.717) is 11.8 Å². The molecular weight excluding hydrogens is 328 g/mol. The van der Waals surface area contributed by atoms with E-state index < -0.39 is 10.0 Å². The fourth-order valence-electron chi connectivity index (χ4n) is 3.21.